The molecule has 2 saturated heterocycles. The number of benzene rings is 1. The van der Waals surface area contributed by atoms with Crippen molar-refractivity contribution in [3.05, 3.63) is 70.5 Å². The van der Waals surface area contributed by atoms with Crippen LogP contribution >= 0.6 is 11.3 Å². The number of para-hydroxylation sites is 1. The zero-order valence-electron chi connectivity index (χ0n) is 24.1. The van der Waals surface area contributed by atoms with Crippen LogP contribution in [-0.2, 0) is 4.79 Å². The summed E-state index contributed by atoms with van der Waals surface area (Å²) in [6.07, 6.45) is 3.48. The van der Waals surface area contributed by atoms with Crippen LogP contribution in [0.15, 0.2) is 53.3 Å². The summed E-state index contributed by atoms with van der Waals surface area (Å²) >= 11 is 1.34. The second-order valence-electron chi connectivity index (χ2n) is 11.2. The number of amides is 1. The average molecular weight is 588 g/mol. The van der Waals surface area contributed by atoms with Gasteiger partial charge in [0.15, 0.2) is 5.65 Å². The summed E-state index contributed by atoms with van der Waals surface area (Å²) in [6.45, 7) is 12.7. The number of hydrogen-bond acceptors (Lipinski definition) is 8. The van der Waals surface area contributed by atoms with Gasteiger partial charge in [-0.15, -0.1) is 11.3 Å². The molecule has 4 aromatic rings. The van der Waals surface area contributed by atoms with Crippen molar-refractivity contribution in [1.82, 2.24) is 24.4 Å². The van der Waals surface area contributed by atoms with E-state index >= 15 is 4.39 Å². The molecule has 0 spiro atoms. The first kappa shape index (κ1) is 28.0. The van der Waals surface area contributed by atoms with E-state index in [4.69, 9.17) is 4.98 Å². The van der Waals surface area contributed by atoms with E-state index in [1.165, 1.54) is 28.0 Å². The van der Waals surface area contributed by atoms with Crippen molar-refractivity contribution >= 4 is 39.8 Å². The predicted molar refractivity (Wildman–Crippen MR) is 165 cm³/mol. The van der Waals surface area contributed by atoms with Crippen LogP contribution in [0, 0.1) is 5.82 Å². The van der Waals surface area contributed by atoms with E-state index in [1.807, 2.05) is 49.9 Å². The van der Waals surface area contributed by atoms with E-state index in [0.29, 0.717) is 47.1 Å². The number of pyridine rings is 1. The summed E-state index contributed by atoms with van der Waals surface area (Å²) in [4.78, 5) is 46.1. The van der Waals surface area contributed by atoms with Gasteiger partial charge in [0.2, 0.25) is 5.91 Å². The average Bonchev–Trinajstić information content (AvgIpc) is 3.69. The molecular formula is C31H34FN7O2S. The lowest BCUT2D eigenvalue weighted by Crippen LogP contribution is -2.54. The largest absolute Gasteiger partial charge is 0.371 e. The normalized spacial score (nSPS) is 17.5. The third-order valence-corrected chi connectivity index (χ3v) is 8.94. The molecule has 0 bridgehead atoms. The lowest BCUT2D eigenvalue weighted by molar-refractivity contribution is -0.126. The number of hydrogen-bond donors (Lipinski definition) is 0. The van der Waals surface area contributed by atoms with E-state index < -0.39 is 11.5 Å². The highest BCUT2D eigenvalue weighted by Crippen LogP contribution is 2.37. The molecule has 0 N–H and O–H groups in total. The Balaban J connectivity index is 1.58. The highest BCUT2D eigenvalue weighted by molar-refractivity contribution is 7.12. The summed E-state index contributed by atoms with van der Waals surface area (Å²) in [6, 6.07) is 9.03. The Labute approximate surface area is 247 Å². The number of fused-ring (bicyclic) bond motifs is 1. The van der Waals surface area contributed by atoms with Crippen molar-refractivity contribution in [1.29, 1.82) is 0 Å². The van der Waals surface area contributed by atoms with Gasteiger partial charge in [0.05, 0.1) is 16.6 Å². The molecule has 5 heterocycles. The Kier molecular flexibility index (Phi) is 7.53. The van der Waals surface area contributed by atoms with Crippen molar-refractivity contribution in [2.75, 3.05) is 42.5 Å². The van der Waals surface area contributed by atoms with Crippen molar-refractivity contribution in [2.45, 2.75) is 45.6 Å². The first-order chi connectivity index (χ1) is 20.3. The fourth-order valence-electron chi connectivity index (χ4n) is 6.02. The van der Waals surface area contributed by atoms with Crippen LogP contribution in [0.3, 0.4) is 0 Å². The second kappa shape index (κ2) is 11.3. The maximum absolute atomic E-state index is 16.2. The predicted octanol–water partition coefficient (Wildman–Crippen LogP) is 4.99. The van der Waals surface area contributed by atoms with Gasteiger partial charge in [-0.2, -0.15) is 4.98 Å². The number of halogens is 1. The lowest BCUT2D eigenvalue weighted by atomic mass is 10.1. The van der Waals surface area contributed by atoms with E-state index in [-0.39, 0.29) is 23.6 Å². The number of rotatable bonds is 6. The zero-order chi connectivity index (χ0) is 29.5. The van der Waals surface area contributed by atoms with Crippen LogP contribution in [0.2, 0.25) is 0 Å². The lowest BCUT2D eigenvalue weighted by Gasteiger charge is -2.40. The van der Waals surface area contributed by atoms with Gasteiger partial charge in [0.1, 0.15) is 22.3 Å². The van der Waals surface area contributed by atoms with Crippen molar-refractivity contribution in [3.8, 4) is 16.3 Å². The monoisotopic (exact) mass is 587 g/mol. The number of thiazole rings is 1. The summed E-state index contributed by atoms with van der Waals surface area (Å²) in [7, 11) is 0. The minimum atomic E-state index is -0.502. The molecular weight excluding hydrogens is 553 g/mol. The van der Waals surface area contributed by atoms with Crippen molar-refractivity contribution in [3.63, 3.8) is 0 Å². The molecule has 1 amide bonds. The van der Waals surface area contributed by atoms with Gasteiger partial charge >= 0.3 is 5.69 Å². The van der Waals surface area contributed by atoms with Gasteiger partial charge in [-0.3, -0.25) is 4.79 Å². The molecule has 1 aromatic carbocycles. The Hall–Kier alpha value is -4.12. The summed E-state index contributed by atoms with van der Waals surface area (Å²) in [5.41, 5.74) is 4.12. The van der Waals surface area contributed by atoms with Crippen LogP contribution in [-0.4, -0.2) is 69.1 Å². The molecule has 2 fully saturated rings. The van der Waals surface area contributed by atoms with Crippen LogP contribution < -0.4 is 15.5 Å². The molecule has 0 saturated carbocycles. The Morgan fingerprint density at radius 3 is 2.62 bits per heavy atom. The second-order valence-corrected chi connectivity index (χ2v) is 12.0. The first-order valence-corrected chi connectivity index (χ1v) is 15.3. The van der Waals surface area contributed by atoms with Gasteiger partial charge in [-0.05, 0) is 43.9 Å². The molecule has 218 valence electrons. The van der Waals surface area contributed by atoms with E-state index in [2.05, 4.69) is 21.4 Å². The molecule has 42 heavy (non-hydrogen) atoms. The SMILES string of the molecule is C=CC(=O)N1CCN(c2nc(=O)n(-c3scnc3C(C)C)c3nc(-c4ccccc4N4CCCC4)c(F)cc23)[C@@H](C)C1. The first-order valence-electron chi connectivity index (χ1n) is 14.4. The molecule has 9 nitrogen and oxygen atoms in total. The molecule has 6 rings (SSSR count). The highest BCUT2D eigenvalue weighted by Gasteiger charge is 2.31. The third-order valence-electron chi connectivity index (χ3n) is 8.12. The molecule has 3 aromatic heterocycles. The smallest absolute Gasteiger partial charge is 0.356 e. The standard InChI is InChI=1S/C31H34FN7O2S/c1-5-25(40)37-14-15-38(20(4)17-37)28-22-16-23(32)27(21-10-6-7-11-24(21)36-12-8-9-13-36)34-29(22)39(31(41)35-28)30-26(19(2)3)33-18-42-30/h5-7,10-11,16,18-20H,1,8-9,12-15,17H2,2-4H3/t20-/m0/s1. The molecule has 2 aliphatic heterocycles. The molecule has 0 radical (unpaired) electrons. The Bertz CT molecular complexity index is 1730. The number of piperazine rings is 1. The Morgan fingerprint density at radius 1 is 1.14 bits per heavy atom. The van der Waals surface area contributed by atoms with Crippen molar-refractivity contribution < 1.29 is 9.18 Å². The molecule has 11 heteroatoms. The maximum Gasteiger partial charge on any atom is 0.356 e. The number of nitrogens with zero attached hydrogens (tertiary/aromatic N) is 7. The topological polar surface area (TPSA) is 87.5 Å². The summed E-state index contributed by atoms with van der Waals surface area (Å²) < 4.78 is 17.7. The molecule has 0 unspecified atom stereocenters. The Morgan fingerprint density at radius 2 is 1.90 bits per heavy atom. The van der Waals surface area contributed by atoms with E-state index in [0.717, 1.165) is 37.3 Å². The van der Waals surface area contributed by atoms with Gasteiger partial charge < -0.3 is 14.7 Å². The highest BCUT2D eigenvalue weighted by atomic mass is 32.1. The number of carbonyl (C=O) groups excluding carboxylic acids is 1. The summed E-state index contributed by atoms with van der Waals surface area (Å²) in [5.74, 6) is -0.205. The maximum atomic E-state index is 16.2. The third kappa shape index (κ3) is 4.85. The van der Waals surface area contributed by atoms with E-state index in [1.54, 1.807) is 10.4 Å². The molecule has 0 aliphatic carbocycles. The van der Waals surface area contributed by atoms with Crippen LogP contribution in [0.5, 0.6) is 0 Å². The van der Waals surface area contributed by atoms with Gasteiger partial charge in [-0.25, -0.2) is 23.7 Å². The van der Waals surface area contributed by atoms with Crippen LogP contribution in [0.4, 0.5) is 15.9 Å². The van der Waals surface area contributed by atoms with Gasteiger partial charge in [0, 0.05) is 50.0 Å². The molecule has 1 atom stereocenters. The van der Waals surface area contributed by atoms with Crippen LogP contribution in [0.1, 0.15) is 45.2 Å². The number of anilines is 2. The fourth-order valence-corrected chi connectivity index (χ4v) is 6.96. The number of aromatic nitrogens is 4. The van der Waals surface area contributed by atoms with Crippen molar-refractivity contribution in [2.24, 2.45) is 0 Å². The minimum absolute atomic E-state index is 0.0548. The quantitative estimate of drug-likeness (QED) is 0.294. The fraction of sp³-hybridized carbons (Fsp3) is 0.387. The van der Waals surface area contributed by atoms with Gasteiger partial charge in [0.25, 0.3) is 0 Å². The number of carbonyl (C=O) groups is 1. The van der Waals surface area contributed by atoms with E-state index in [9.17, 15) is 9.59 Å². The molecule has 2 aliphatic rings. The minimum Gasteiger partial charge on any atom is -0.371 e. The van der Waals surface area contributed by atoms with Crippen LogP contribution in [0.25, 0.3) is 27.3 Å². The zero-order valence-corrected chi connectivity index (χ0v) is 24.9. The summed E-state index contributed by atoms with van der Waals surface area (Å²) in [5, 5.41) is 1.07. The van der Waals surface area contributed by atoms with Gasteiger partial charge in [-0.1, -0.05) is 38.6 Å².